The standard InChI is InChI=1S/C15H16O2Si/c16-15(17-18)11-10-13-8-4-5-9-14(13)12-6-2-1-3-7-12/h1-9H,10-11H2,18H3. The Morgan fingerprint density at radius 1 is 1.00 bits per heavy atom. The highest BCUT2D eigenvalue weighted by Crippen LogP contribution is 2.24. The maximum Gasteiger partial charge on any atom is 0.292 e. The summed E-state index contributed by atoms with van der Waals surface area (Å²) in [6, 6.07) is 18.4. The molecule has 0 aliphatic carbocycles. The van der Waals surface area contributed by atoms with Gasteiger partial charge in [0.25, 0.3) is 5.97 Å². The lowest BCUT2D eigenvalue weighted by Crippen LogP contribution is -2.03. The van der Waals surface area contributed by atoms with Crippen LogP contribution in [0, 0.1) is 0 Å². The molecule has 0 atom stereocenters. The van der Waals surface area contributed by atoms with Crippen LogP contribution in [-0.4, -0.2) is 16.5 Å². The SMILES string of the molecule is O=C(CCc1ccccc1-c1ccccc1)O[SiH3]. The van der Waals surface area contributed by atoms with Gasteiger partial charge in [0.05, 0.1) is 0 Å². The summed E-state index contributed by atoms with van der Waals surface area (Å²) in [7, 11) is 0.474. The first-order chi connectivity index (χ1) is 8.81. The molecule has 0 heterocycles. The van der Waals surface area contributed by atoms with Gasteiger partial charge in [-0.25, -0.2) is 0 Å². The van der Waals surface area contributed by atoms with Crippen LogP contribution in [-0.2, 0) is 15.6 Å². The summed E-state index contributed by atoms with van der Waals surface area (Å²) < 4.78 is 4.82. The second-order valence-electron chi connectivity index (χ2n) is 4.10. The van der Waals surface area contributed by atoms with E-state index < -0.39 is 0 Å². The number of carbonyl (C=O) groups is 1. The molecule has 0 fully saturated rings. The van der Waals surface area contributed by atoms with Crippen LogP contribution >= 0.6 is 0 Å². The molecule has 0 aromatic heterocycles. The predicted molar refractivity (Wildman–Crippen MR) is 76.2 cm³/mol. The Bertz CT molecular complexity index is 523. The third kappa shape index (κ3) is 3.08. The highest BCUT2D eigenvalue weighted by Gasteiger charge is 2.06. The Morgan fingerprint density at radius 3 is 2.39 bits per heavy atom. The summed E-state index contributed by atoms with van der Waals surface area (Å²) in [5.74, 6) is -0.107. The van der Waals surface area contributed by atoms with Crippen molar-refractivity contribution in [3.8, 4) is 11.1 Å². The molecular weight excluding hydrogens is 240 g/mol. The number of aryl methyl sites for hydroxylation is 1. The smallest absolute Gasteiger partial charge is 0.292 e. The molecule has 0 aliphatic heterocycles. The van der Waals surface area contributed by atoms with E-state index in [4.69, 9.17) is 4.43 Å². The van der Waals surface area contributed by atoms with Crippen LogP contribution in [0.5, 0.6) is 0 Å². The van der Waals surface area contributed by atoms with Gasteiger partial charge in [0.1, 0.15) is 0 Å². The number of hydrogen-bond donors (Lipinski definition) is 0. The first-order valence-electron chi connectivity index (χ1n) is 6.01. The number of carbonyl (C=O) groups excluding carboxylic acids is 1. The average molecular weight is 256 g/mol. The van der Waals surface area contributed by atoms with Gasteiger partial charge >= 0.3 is 0 Å². The summed E-state index contributed by atoms with van der Waals surface area (Å²) in [5, 5.41) is 0. The zero-order valence-corrected chi connectivity index (χ0v) is 12.4. The molecule has 0 saturated carbocycles. The molecule has 0 unspecified atom stereocenters. The van der Waals surface area contributed by atoms with E-state index in [0.29, 0.717) is 16.9 Å². The van der Waals surface area contributed by atoms with Crippen molar-refractivity contribution in [2.24, 2.45) is 0 Å². The Morgan fingerprint density at radius 2 is 1.67 bits per heavy atom. The molecule has 2 aromatic carbocycles. The maximum absolute atomic E-state index is 11.2. The van der Waals surface area contributed by atoms with Crippen LogP contribution in [0.1, 0.15) is 12.0 Å². The van der Waals surface area contributed by atoms with Gasteiger partial charge in [-0.2, -0.15) is 0 Å². The Balaban J connectivity index is 2.24. The summed E-state index contributed by atoms with van der Waals surface area (Å²) >= 11 is 0. The fourth-order valence-corrected chi connectivity index (χ4v) is 2.18. The summed E-state index contributed by atoms with van der Waals surface area (Å²) in [5.41, 5.74) is 3.57. The van der Waals surface area contributed by atoms with Crippen molar-refractivity contribution in [2.75, 3.05) is 0 Å². The second kappa shape index (κ2) is 6.17. The molecule has 2 rings (SSSR count). The van der Waals surface area contributed by atoms with Crippen molar-refractivity contribution in [3.63, 3.8) is 0 Å². The van der Waals surface area contributed by atoms with Crippen molar-refractivity contribution in [2.45, 2.75) is 12.8 Å². The van der Waals surface area contributed by atoms with Crippen molar-refractivity contribution >= 4 is 16.5 Å². The first kappa shape index (κ1) is 12.6. The van der Waals surface area contributed by atoms with Crippen LogP contribution < -0.4 is 0 Å². The fraction of sp³-hybridized carbons (Fsp3) is 0.133. The second-order valence-corrected chi connectivity index (χ2v) is 4.51. The number of benzene rings is 2. The molecule has 0 amide bonds. The third-order valence-corrected chi connectivity index (χ3v) is 3.38. The van der Waals surface area contributed by atoms with Crippen molar-refractivity contribution in [1.82, 2.24) is 0 Å². The zero-order chi connectivity index (χ0) is 12.8. The van der Waals surface area contributed by atoms with Crippen molar-refractivity contribution in [3.05, 3.63) is 60.2 Å². The maximum atomic E-state index is 11.2. The average Bonchev–Trinajstić information content (AvgIpc) is 2.46. The molecule has 18 heavy (non-hydrogen) atoms. The fourth-order valence-electron chi connectivity index (χ4n) is 1.98. The lowest BCUT2D eigenvalue weighted by atomic mass is 9.97. The minimum Gasteiger partial charge on any atom is -0.529 e. The van der Waals surface area contributed by atoms with Gasteiger partial charge in [-0.1, -0.05) is 54.6 Å². The van der Waals surface area contributed by atoms with Gasteiger partial charge in [-0.05, 0) is 23.1 Å². The number of rotatable bonds is 4. The van der Waals surface area contributed by atoms with Gasteiger partial charge in [0.2, 0.25) is 10.5 Å². The molecule has 2 aromatic rings. The quantitative estimate of drug-likeness (QED) is 0.783. The van der Waals surface area contributed by atoms with E-state index in [1.807, 2.05) is 30.3 Å². The lowest BCUT2D eigenvalue weighted by Gasteiger charge is -2.09. The van der Waals surface area contributed by atoms with Crippen molar-refractivity contribution in [1.29, 1.82) is 0 Å². The predicted octanol–water partition coefficient (Wildman–Crippen LogP) is 2.11. The summed E-state index contributed by atoms with van der Waals surface area (Å²) in [6.07, 6.45) is 1.18. The summed E-state index contributed by atoms with van der Waals surface area (Å²) in [6.45, 7) is 0. The molecule has 0 bridgehead atoms. The van der Waals surface area contributed by atoms with E-state index in [0.717, 1.165) is 6.42 Å². The minimum atomic E-state index is -0.107. The van der Waals surface area contributed by atoms with E-state index >= 15 is 0 Å². The molecule has 3 heteroatoms. The highest BCUT2D eigenvalue weighted by molar-refractivity contribution is 6.05. The summed E-state index contributed by atoms with van der Waals surface area (Å²) in [4.78, 5) is 11.2. The highest BCUT2D eigenvalue weighted by atomic mass is 28.2. The molecule has 0 radical (unpaired) electrons. The third-order valence-electron chi connectivity index (χ3n) is 2.93. The Hall–Kier alpha value is -1.87. The van der Waals surface area contributed by atoms with Crippen LogP contribution in [0.3, 0.4) is 0 Å². The van der Waals surface area contributed by atoms with Crippen LogP contribution in [0.15, 0.2) is 54.6 Å². The molecule has 0 spiro atoms. The van der Waals surface area contributed by atoms with E-state index in [9.17, 15) is 4.79 Å². The van der Waals surface area contributed by atoms with E-state index in [1.54, 1.807) is 0 Å². The number of hydrogen-bond acceptors (Lipinski definition) is 2. The van der Waals surface area contributed by atoms with Crippen LogP contribution in [0.25, 0.3) is 11.1 Å². The molecule has 2 nitrogen and oxygen atoms in total. The van der Waals surface area contributed by atoms with Gasteiger partial charge in [-0.3, -0.25) is 4.79 Å². The molecule has 0 aliphatic rings. The van der Waals surface area contributed by atoms with E-state index in [2.05, 4.69) is 24.3 Å². The molecule has 0 N–H and O–H groups in total. The van der Waals surface area contributed by atoms with Crippen molar-refractivity contribution < 1.29 is 9.22 Å². The van der Waals surface area contributed by atoms with Crippen LogP contribution in [0.4, 0.5) is 0 Å². The Kier molecular flexibility index (Phi) is 4.31. The largest absolute Gasteiger partial charge is 0.529 e. The normalized spacial score (nSPS) is 10.2. The lowest BCUT2D eigenvalue weighted by molar-refractivity contribution is -0.133. The molecule has 0 saturated heterocycles. The Labute approximate surface area is 110 Å². The minimum absolute atomic E-state index is 0.107. The zero-order valence-electron chi connectivity index (χ0n) is 10.4. The van der Waals surface area contributed by atoms with Gasteiger partial charge in [0.15, 0.2) is 0 Å². The van der Waals surface area contributed by atoms with E-state index in [-0.39, 0.29) is 5.97 Å². The van der Waals surface area contributed by atoms with Gasteiger partial charge in [0, 0.05) is 6.42 Å². The monoisotopic (exact) mass is 256 g/mol. The topological polar surface area (TPSA) is 26.3 Å². The first-order valence-corrected chi connectivity index (χ1v) is 6.83. The van der Waals surface area contributed by atoms with Gasteiger partial charge < -0.3 is 4.43 Å². The van der Waals surface area contributed by atoms with Crippen LogP contribution in [0.2, 0.25) is 0 Å². The molecular formula is C15H16O2Si. The van der Waals surface area contributed by atoms with E-state index in [1.165, 1.54) is 16.7 Å². The molecule has 92 valence electrons. The van der Waals surface area contributed by atoms with Gasteiger partial charge in [-0.15, -0.1) is 0 Å².